The number of hydrogen-bond donors (Lipinski definition) is 1. The molecule has 0 aliphatic carbocycles. The highest BCUT2D eigenvalue weighted by Gasteiger charge is 2.07. The van der Waals surface area contributed by atoms with Gasteiger partial charge in [-0.3, -0.25) is 0 Å². The summed E-state index contributed by atoms with van der Waals surface area (Å²) in [4.78, 5) is 4.14. The third-order valence-electron chi connectivity index (χ3n) is 2.73. The number of aromatic nitrogens is 1. The number of nitrogen functional groups attached to an aromatic ring is 1. The largest absolute Gasteiger partial charge is 0.487 e. The number of pyridine rings is 1. The van der Waals surface area contributed by atoms with Gasteiger partial charge >= 0.3 is 0 Å². The van der Waals surface area contributed by atoms with Crippen molar-refractivity contribution in [2.75, 3.05) is 5.73 Å². The fourth-order valence-corrected chi connectivity index (χ4v) is 2.01. The van der Waals surface area contributed by atoms with Crippen molar-refractivity contribution in [1.29, 1.82) is 0 Å². The standard InChI is InChI=1S/C14H14Cl2N2O/c1-8-5-10(6-9(2)14(8)16)19-7-12-11(15)3-4-13(17)18-12/h3-6H,7H2,1-2H3,(H2,17,18). The Morgan fingerprint density at radius 2 is 1.79 bits per heavy atom. The van der Waals surface area contributed by atoms with E-state index >= 15 is 0 Å². The van der Waals surface area contributed by atoms with Crippen LogP contribution in [-0.4, -0.2) is 4.98 Å². The molecule has 0 aliphatic heterocycles. The van der Waals surface area contributed by atoms with Crippen molar-refractivity contribution >= 4 is 29.0 Å². The van der Waals surface area contributed by atoms with Crippen molar-refractivity contribution in [3.8, 4) is 5.75 Å². The van der Waals surface area contributed by atoms with Crippen LogP contribution in [0.1, 0.15) is 16.8 Å². The summed E-state index contributed by atoms with van der Waals surface area (Å²) < 4.78 is 5.68. The van der Waals surface area contributed by atoms with E-state index in [2.05, 4.69) is 4.98 Å². The van der Waals surface area contributed by atoms with E-state index in [9.17, 15) is 0 Å². The van der Waals surface area contributed by atoms with E-state index in [-0.39, 0.29) is 6.61 Å². The van der Waals surface area contributed by atoms with E-state index in [4.69, 9.17) is 33.7 Å². The van der Waals surface area contributed by atoms with Gasteiger partial charge in [-0.05, 0) is 49.2 Å². The van der Waals surface area contributed by atoms with E-state index in [1.54, 1.807) is 12.1 Å². The summed E-state index contributed by atoms with van der Waals surface area (Å²) in [5.41, 5.74) is 8.19. The second-order valence-corrected chi connectivity index (χ2v) is 5.11. The number of nitrogens with zero attached hydrogens (tertiary/aromatic N) is 1. The third kappa shape index (κ3) is 3.31. The van der Waals surface area contributed by atoms with Gasteiger partial charge in [-0.2, -0.15) is 0 Å². The lowest BCUT2D eigenvalue weighted by atomic mass is 10.1. The van der Waals surface area contributed by atoms with Crippen LogP contribution in [0.4, 0.5) is 5.82 Å². The lowest BCUT2D eigenvalue weighted by Gasteiger charge is -2.10. The summed E-state index contributed by atoms with van der Waals surface area (Å²) in [5, 5.41) is 1.30. The maximum Gasteiger partial charge on any atom is 0.132 e. The molecule has 0 saturated heterocycles. The first-order valence-corrected chi connectivity index (χ1v) is 6.53. The number of aryl methyl sites for hydroxylation is 2. The van der Waals surface area contributed by atoms with E-state index in [0.29, 0.717) is 16.5 Å². The Hall–Kier alpha value is -1.45. The number of rotatable bonds is 3. The fourth-order valence-electron chi connectivity index (χ4n) is 1.74. The monoisotopic (exact) mass is 296 g/mol. The molecule has 2 N–H and O–H groups in total. The number of nitrogens with two attached hydrogens (primary N) is 1. The molecular weight excluding hydrogens is 283 g/mol. The molecule has 1 aromatic carbocycles. The quantitative estimate of drug-likeness (QED) is 0.925. The molecule has 100 valence electrons. The smallest absolute Gasteiger partial charge is 0.132 e. The summed E-state index contributed by atoms with van der Waals surface area (Å²) in [6.07, 6.45) is 0. The van der Waals surface area contributed by atoms with Crippen LogP contribution >= 0.6 is 23.2 Å². The van der Waals surface area contributed by atoms with E-state index in [1.807, 2.05) is 26.0 Å². The molecule has 0 unspecified atom stereocenters. The minimum Gasteiger partial charge on any atom is -0.487 e. The van der Waals surface area contributed by atoms with Crippen molar-refractivity contribution in [3.63, 3.8) is 0 Å². The van der Waals surface area contributed by atoms with E-state index < -0.39 is 0 Å². The van der Waals surface area contributed by atoms with Crippen LogP contribution in [0.15, 0.2) is 24.3 Å². The molecule has 0 saturated carbocycles. The highest BCUT2D eigenvalue weighted by molar-refractivity contribution is 6.32. The van der Waals surface area contributed by atoms with Gasteiger partial charge in [0.05, 0.1) is 10.7 Å². The zero-order chi connectivity index (χ0) is 14.0. The molecule has 2 rings (SSSR count). The summed E-state index contributed by atoms with van der Waals surface area (Å²) in [6, 6.07) is 7.13. The van der Waals surface area contributed by atoms with Gasteiger partial charge in [-0.1, -0.05) is 23.2 Å². The van der Waals surface area contributed by atoms with Crippen LogP contribution in [0.2, 0.25) is 10.0 Å². The average molecular weight is 297 g/mol. The molecular formula is C14H14Cl2N2O. The summed E-state index contributed by atoms with van der Waals surface area (Å²) in [7, 11) is 0. The van der Waals surface area contributed by atoms with Gasteiger partial charge in [0.1, 0.15) is 18.2 Å². The first-order chi connectivity index (χ1) is 8.97. The molecule has 0 radical (unpaired) electrons. The molecule has 1 aromatic heterocycles. The van der Waals surface area contributed by atoms with E-state index in [1.165, 1.54) is 0 Å². The summed E-state index contributed by atoms with van der Waals surface area (Å²) in [6.45, 7) is 4.15. The maximum atomic E-state index is 6.11. The molecule has 1 heterocycles. The molecule has 0 bridgehead atoms. The van der Waals surface area contributed by atoms with Crippen LogP contribution < -0.4 is 10.5 Å². The maximum absolute atomic E-state index is 6.11. The second kappa shape index (κ2) is 5.68. The molecule has 3 nitrogen and oxygen atoms in total. The van der Waals surface area contributed by atoms with Crippen molar-refractivity contribution < 1.29 is 4.74 Å². The third-order valence-corrected chi connectivity index (χ3v) is 3.67. The SMILES string of the molecule is Cc1cc(OCc2nc(N)ccc2Cl)cc(C)c1Cl. The Labute approximate surface area is 122 Å². The van der Waals surface area contributed by atoms with Gasteiger partial charge in [-0.15, -0.1) is 0 Å². The van der Waals surface area contributed by atoms with Crippen LogP contribution in [0.25, 0.3) is 0 Å². The second-order valence-electron chi connectivity index (χ2n) is 4.32. The first-order valence-electron chi connectivity index (χ1n) is 5.78. The van der Waals surface area contributed by atoms with Crippen molar-refractivity contribution in [2.45, 2.75) is 20.5 Å². The lowest BCUT2D eigenvalue weighted by Crippen LogP contribution is -2.02. The van der Waals surface area contributed by atoms with Gasteiger partial charge in [0.15, 0.2) is 0 Å². The highest BCUT2D eigenvalue weighted by Crippen LogP contribution is 2.26. The van der Waals surface area contributed by atoms with Gasteiger partial charge in [0, 0.05) is 5.02 Å². The Kier molecular flexibility index (Phi) is 4.17. The number of ether oxygens (including phenoxy) is 1. The average Bonchev–Trinajstić information content (AvgIpc) is 2.37. The molecule has 19 heavy (non-hydrogen) atoms. The number of hydrogen-bond acceptors (Lipinski definition) is 3. The molecule has 0 fully saturated rings. The van der Waals surface area contributed by atoms with Crippen LogP contribution in [0.5, 0.6) is 5.75 Å². The Bertz CT molecular complexity index is 591. The van der Waals surface area contributed by atoms with Crippen molar-refractivity contribution in [3.05, 3.63) is 51.1 Å². The summed E-state index contributed by atoms with van der Waals surface area (Å²) >= 11 is 12.1. The Balaban J connectivity index is 2.17. The zero-order valence-corrected chi connectivity index (χ0v) is 12.2. The van der Waals surface area contributed by atoms with E-state index in [0.717, 1.165) is 21.9 Å². The predicted molar refractivity (Wildman–Crippen MR) is 78.9 cm³/mol. The fraction of sp³-hybridized carbons (Fsp3) is 0.214. The summed E-state index contributed by atoms with van der Waals surface area (Å²) in [5.74, 6) is 1.16. The zero-order valence-electron chi connectivity index (χ0n) is 10.7. The van der Waals surface area contributed by atoms with Gasteiger partial charge in [-0.25, -0.2) is 4.98 Å². The van der Waals surface area contributed by atoms with Crippen LogP contribution in [-0.2, 0) is 6.61 Å². The van der Waals surface area contributed by atoms with Crippen molar-refractivity contribution in [2.24, 2.45) is 0 Å². The van der Waals surface area contributed by atoms with Crippen LogP contribution in [0, 0.1) is 13.8 Å². The molecule has 5 heteroatoms. The molecule has 0 aliphatic rings. The first kappa shape index (κ1) is 14.0. The Morgan fingerprint density at radius 1 is 1.16 bits per heavy atom. The van der Waals surface area contributed by atoms with Gasteiger partial charge in [0.25, 0.3) is 0 Å². The Morgan fingerprint density at radius 3 is 2.42 bits per heavy atom. The number of benzene rings is 1. The van der Waals surface area contributed by atoms with Gasteiger partial charge in [0.2, 0.25) is 0 Å². The normalized spacial score (nSPS) is 10.5. The highest BCUT2D eigenvalue weighted by atomic mass is 35.5. The molecule has 2 aromatic rings. The number of anilines is 1. The predicted octanol–water partition coefficient (Wildman–Crippen LogP) is 4.17. The minimum absolute atomic E-state index is 0.268. The molecule has 0 atom stereocenters. The topological polar surface area (TPSA) is 48.1 Å². The molecule has 0 spiro atoms. The minimum atomic E-state index is 0.268. The van der Waals surface area contributed by atoms with Crippen molar-refractivity contribution in [1.82, 2.24) is 4.98 Å². The van der Waals surface area contributed by atoms with Gasteiger partial charge < -0.3 is 10.5 Å². The lowest BCUT2D eigenvalue weighted by molar-refractivity contribution is 0.301. The number of halogens is 2. The molecule has 0 amide bonds. The van der Waals surface area contributed by atoms with Crippen LogP contribution in [0.3, 0.4) is 0 Å².